The number of hydrogen-bond acceptors (Lipinski definition) is 18. The van der Waals surface area contributed by atoms with Crippen LogP contribution in [0, 0.1) is 0 Å². The van der Waals surface area contributed by atoms with Gasteiger partial charge in [-0.15, -0.1) is 0 Å². The highest BCUT2D eigenvalue weighted by atomic mass is 16.7. The molecule has 0 radical (unpaired) electrons. The van der Waals surface area contributed by atoms with Gasteiger partial charge in [0.05, 0.1) is 32.0 Å². The zero-order valence-corrected chi connectivity index (χ0v) is 22.7. The van der Waals surface area contributed by atoms with Gasteiger partial charge in [-0.2, -0.15) is 0 Å². The van der Waals surface area contributed by atoms with Crippen LogP contribution < -0.4 is 5.32 Å². The summed E-state index contributed by atoms with van der Waals surface area (Å²) < 4.78 is 26.5. The second kappa shape index (κ2) is 14.6. The van der Waals surface area contributed by atoms with Gasteiger partial charge >= 0.3 is 5.97 Å². The third-order valence-electron chi connectivity index (χ3n) is 7.47. The van der Waals surface area contributed by atoms with E-state index < -0.39 is 136 Å². The number of carbonyl (C=O) groups excluding carboxylic acids is 1. The summed E-state index contributed by atoms with van der Waals surface area (Å²) in [7, 11) is 0. The molecule has 0 aromatic heterocycles. The molecule has 20 heteroatoms. The van der Waals surface area contributed by atoms with Crippen LogP contribution in [0.25, 0.3) is 0 Å². The van der Waals surface area contributed by atoms with E-state index in [1.54, 1.807) is 0 Å². The van der Waals surface area contributed by atoms with Gasteiger partial charge in [0, 0.05) is 13.3 Å². The van der Waals surface area contributed by atoms with Gasteiger partial charge in [0.1, 0.15) is 67.1 Å². The highest BCUT2D eigenvalue weighted by Crippen LogP contribution is 2.35. The van der Waals surface area contributed by atoms with Gasteiger partial charge in [0.2, 0.25) is 5.91 Å². The summed E-state index contributed by atoms with van der Waals surface area (Å²) in [6.07, 6.45) is -27.0. The largest absolute Gasteiger partial charge is 0.477 e. The molecule has 0 unspecified atom stereocenters. The maximum Gasteiger partial charge on any atom is 0.364 e. The number of carboxylic acids is 1. The van der Waals surface area contributed by atoms with Crippen LogP contribution >= 0.6 is 0 Å². The fourth-order valence-electron chi connectivity index (χ4n) is 5.04. The average Bonchev–Trinajstić information content (AvgIpc) is 2.96. The van der Waals surface area contributed by atoms with Crippen molar-refractivity contribution in [2.75, 3.05) is 19.8 Å². The molecule has 0 aliphatic carbocycles. The number of hydrogen-bond donors (Lipinski definition) is 13. The lowest BCUT2D eigenvalue weighted by molar-refractivity contribution is -0.364. The van der Waals surface area contributed by atoms with Crippen molar-refractivity contribution in [2.45, 2.75) is 111 Å². The van der Waals surface area contributed by atoms with E-state index in [1.807, 2.05) is 0 Å². The molecule has 16 atom stereocenters. The molecule has 3 rings (SSSR count). The van der Waals surface area contributed by atoms with Crippen LogP contribution in [0.2, 0.25) is 0 Å². The molecule has 250 valence electrons. The smallest absolute Gasteiger partial charge is 0.364 e. The molecular formula is C23H39NO19. The van der Waals surface area contributed by atoms with Crippen LogP contribution in [0.3, 0.4) is 0 Å². The fourth-order valence-corrected chi connectivity index (χ4v) is 5.04. The van der Waals surface area contributed by atoms with Crippen molar-refractivity contribution in [1.82, 2.24) is 5.32 Å². The number of aliphatic hydroxyl groups excluding tert-OH is 11. The lowest BCUT2D eigenvalue weighted by atomic mass is 9.88. The van der Waals surface area contributed by atoms with Crippen molar-refractivity contribution in [1.29, 1.82) is 0 Å². The van der Waals surface area contributed by atoms with Crippen molar-refractivity contribution in [2.24, 2.45) is 0 Å². The molecule has 0 spiro atoms. The van der Waals surface area contributed by atoms with Crippen molar-refractivity contribution >= 4 is 11.9 Å². The number of amides is 1. The number of aliphatic hydroxyl groups is 11. The standard InChI is InChI=1S/C23H39NO19/c1-6(27)24-11-7(28)2-23(22(37)38,43-18(11)12(30)8(29)3-25)39-5-10-14(32)19(17(35)20(36)40-10)42-21-16(34)15(33)13(31)9(4-26)41-21/h7-21,25-26,28-36H,2-5H2,1H3,(H,24,27)(H,37,38)/t7-,8+,9+,10+,11+,12+,13-,14-,15-,16+,17+,18+,19-,20+,21-,23+/m0/s1. The molecule has 0 aromatic carbocycles. The molecular weight excluding hydrogens is 594 g/mol. The molecule has 3 aliphatic rings. The monoisotopic (exact) mass is 633 g/mol. The Balaban J connectivity index is 1.81. The normalized spacial score (nSPS) is 45.3. The Morgan fingerprint density at radius 1 is 0.930 bits per heavy atom. The molecule has 0 bridgehead atoms. The van der Waals surface area contributed by atoms with E-state index in [1.165, 1.54) is 0 Å². The van der Waals surface area contributed by atoms with Crippen molar-refractivity contribution in [3.05, 3.63) is 0 Å². The fraction of sp³-hybridized carbons (Fsp3) is 0.913. The minimum Gasteiger partial charge on any atom is -0.477 e. The number of ether oxygens (including phenoxy) is 5. The average molecular weight is 634 g/mol. The Kier molecular flexibility index (Phi) is 12.1. The van der Waals surface area contributed by atoms with Crippen LogP contribution in [-0.2, 0) is 33.3 Å². The van der Waals surface area contributed by atoms with Gasteiger partial charge in [-0.25, -0.2) is 4.79 Å². The summed E-state index contributed by atoms with van der Waals surface area (Å²) in [6, 6.07) is -1.48. The molecule has 3 heterocycles. The van der Waals surface area contributed by atoms with Crippen LogP contribution in [0.4, 0.5) is 0 Å². The van der Waals surface area contributed by atoms with E-state index in [4.69, 9.17) is 23.7 Å². The molecule has 13 N–H and O–H groups in total. The van der Waals surface area contributed by atoms with Gasteiger partial charge in [-0.1, -0.05) is 0 Å². The minimum absolute atomic E-state index is 0.719. The lowest BCUT2D eigenvalue weighted by Gasteiger charge is -2.48. The summed E-state index contributed by atoms with van der Waals surface area (Å²) in [6.45, 7) is -1.74. The van der Waals surface area contributed by atoms with E-state index in [0.717, 1.165) is 6.92 Å². The Labute approximate surface area is 243 Å². The zero-order chi connectivity index (χ0) is 32.4. The summed E-state index contributed by atoms with van der Waals surface area (Å²) in [4.78, 5) is 24.0. The van der Waals surface area contributed by atoms with Crippen molar-refractivity contribution in [3.8, 4) is 0 Å². The number of nitrogens with one attached hydrogen (secondary N) is 1. The Morgan fingerprint density at radius 2 is 1.58 bits per heavy atom. The van der Waals surface area contributed by atoms with Gasteiger partial charge < -0.3 is 90.3 Å². The second-order valence-electron chi connectivity index (χ2n) is 10.5. The molecule has 3 fully saturated rings. The van der Waals surface area contributed by atoms with E-state index >= 15 is 0 Å². The highest BCUT2D eigenvalue weighted by Gasteiger charge is 2.57. The quantitative estimate of drug-likeness (QED) is 0.100. The molecule has 20 nitrogen and oxygen atoms in total. The van der Waals surface area contributed by atoms with Crippen molar-refractivity contribution in [3.63, 3.8) is 0 Å². The predicted molar refractivity (Wildman–Crippen MR) is 130 cm³/mol. The van der Waals surface area contributed by atoms with Gasteiger partial charge in [0.25, 0.3) is 5.79 Å². The number of carboxylic acid groups (broad SMARTS) is 1. The topological polar surface area (TPSA) is 335 Å². The van der Waals surface area contributed by atoms with Crippen LogP contribution in [0.5, 0.6) is 0 Å². The van der Waals surface area contributed by atoms with E-state index in [0.29, 0.717) is 0 Å². The van der Waals surface area contributed by atoms with Gasteiger partial charge in [0.15, 0.2) is 12.6 Å². The second-order valence-corrected chi connectivity index (χ2v) is 10.5. The summed E-state index contributed by atoms with van der Waals surface area (Å²) in [5, 5.41) is 124. The molecule has 1 amide bonds. The summed E-state index contributed by atoms with van der Waals surface area (Å²) in [5.41, 5.74) is 0. The zero-order valence-electron chi connectivity index (χ0n) is 22.7. The van der Waals surface area contributed by atoms with Crippen LogP contribution in [0.1, 0.15) is 13.3 Å². The Bertz CT molecular complexity index is 942. The summed E-state index contributed by atoms with van der Waals surface area (Å²) >= 11 is 0. The number of aliphatic carboxylic acids is 1. The van der Waals surface area contributed by atoms with E-state index in [9.17, 15) is 70.9 Å². The Hall–Kier alpha value is -1.70. The maximum absolute atomic E-state index is 12.3. The number of carbonyl (C=O) groups is 2. The SMILES string of the molecule is CC(=O)N[C@H]1[C@H]([C@H](O)[C@H](O)CO)O[C@@](OC[C@H]2O[C@@H](O)[C@H](O)[C@@H](O[C@@H]3O[C@H](CO)[C@H](O)[C@H](O)[C@H]3O)[C@H]2O)(C(=O)O)C[C@@H]1O. The van der Waals surface area contributed by atoms with Gasteiger partial charge in [-0.05, 0) is 0 Å². The van der Waals surface area contributed by atoms with E-state index in [-0.39, 0.29) is 0 Å². The van der Waals surface area contributed by atoms with Gasteiger partial charge in [-0.3, -0.25) is 4.79 Å². The third-order valence-corrected chi connectivity index (χ3v) is 7.47. The maximum atomic E-state index is 12.3. The van der Waals surface area contributed by atoms with Crippen LogP contribution in [0.15, 0.2) is 0 Å². The van der Waals surface area contributed by atoms with E-state index in [2.05, 4.69) is 5.32 Å². The lowest BCUT2D eigenvalue weighted by Crippen LogP contribution is -2.68. The molecule has 43 heavy (non-hydrogen) atoms. The first-order valence-corrected chi connectivity index (χ1v) is 13.2. The molecule has 3 saturated heterocycles. The molecule has 0 aromatic rings. The molecule has 3 aliphatic heterocycles. The predicted octanol–water partition coefficient (Wildman–Crippen LogP) is -8.22. The molecule has 0 saturated carbocycles. The number of rotatable bonds is 11. The third kappa shape index (κ3) is 7.58. The minimum atomic E-state index is -2.83. The summed E-state index contributed by atoms with van der Waals surface area (Å²) in [5.74, 6) is -5.42. The van der Waals surface area contributed by atoms with Crippen molar-refractivity contribution < 1.29 is 94.6 Å². The first kappa shape index (κ1) is 35.8. The highest BCUT2D eigenvalue weighted by molar-refractivity contribution is 5.76. The first-order chi connectivity index (χ1) is 20.1. The first-order valence-electron chi connectivity index (χ1n) is 13.2. The van der Waals surface area contributed by atoms with Crippen LogP contribution in [-0.4, -0.2) is 191 Å². The Morgan fingerprint density at radius 3 is 2.14 bits per heavy atom.